The van der Waals surface area contributed by atoms with Crippen LogP contribution in [0.25, 0.3) is 32.8 Å². The summed E-state index contributed by atoms with van der Waals surface area (Å²) in [5, 5.41) is 3.43. The zero-order valence-electron chi connectivity index (χ0n) is 11.3. The maximum atomic E-state index is 12.0. The van der Waals surface area contributed by atoms with Gasteiger partial charge in [0.2, 0.25) is 5.56 Å². The van der Waals surface area contributed by atoms with Gasteiger partial charge in [-0.2, -0.15) is 0 Å². The van der Waals surface area contributed by atoms with Gasteiger partial charge in [-0.1, -0.05) is 60.7 Å². The van der Waals surface area contributed by atoms with Gasteiger partial charge in [0.05, 0.1) is 0 Å². The Kier molecular flexibility index (Phi) is 2.61. The molecule has 0 aliphatic rings. The second-order valence-corrected chi connectivity index (χ2v) is 5.12. The molecule has 1 heterocycles. The van der Waals surface area contributed by atoms with Crippen molar-refractivity contribution in [2.24, 2.45) is 0 Å². The van der Waals surface area contributed by atoms with Crippen LogP contribution in [0, 0.1) is 0 Å². The molecule has 0 amide bonds. The third kappa shape index (κ3) is 1.93. The summed E-state index contributed by atoms with van der Waals surface area (Å²) >= 11 is 0. The fourth-order valence-corrected chi connectivity index (χ4v) is 2.88. The molecule has 21 heavy (non-hydrogen) atoms. The number of pyridine rings is 1. The van der Waals surface area contributed by atoms with E-state index in [4.69, 9.17) is 0 Å². The summed E-state index contributed by atoms with van der Waals surface area (Å²) in [5.41, 5.74) is 2.84. The van der Waals surface area contributed by atoms with Crippen LogP contribution in [-0.2, 0) is 0 Å². The molecule has 0 saturated carbocycles. The monoisotopic (exact) mass is 271 g/mol. The molecule has 0 saturated heterocycles. The minimum atomic E-state index is -0.0726. The first-order valence-electron chi connectivity index (χ1n) is 6.93. The molecule has 4 aromatic rings. The molecule has 3 aromatic carbocycles. The molecule has 0 bridgehead atoms. The van der Waals surface area contributed by atoms with Gasteiger partial charge in [0.25, 0.3) is 0 Å². The number of aromatic nitrogens is 1. The highest BCUT2D eigenvalue weighted by Gasteiger charge is 2.09. The van der Waals surface area contributed by atoms with Gasteiger partial charge >= 0.3 is 0 Å². The van der Waals surface area contributed by atoms with E-state index < -0.39 is 0 Å². The SMILES string of the molecule is O=c1cc(-c2ccccc2)c2c(ccc3ccccc32)[nH]1. The topological polar surface area (TPSA) is 32.9 Å². The van der Waals surface area contributed by atoms with Crippen molar-refractivity contribution in [1.82, 2.24) is 4.98 Å². The number of benzene rings is 3. The Morgan fingerprint density at radius 3 is 2.38 bits per heavy atom. The number of hydrogen-bond donors (Lipinski definition) is 1. The van der Waals surface area contributed by atoms with E-state index in [1.54, 1.807) is 6.07 Å². The number of H-pyrrole nitrogens is 1. The molecule has 0 fully saturated rings. The first-order chi connectivity index (χ1) is 10.3. The molecule has 0 radical (unpaired) electrons. The largest absolute Gasteiger partial charge is 0.322 e. The summed E-state index contributed by atoms with van der Waals surface area (Å²) in [6.45, 7) is 0. The van der Waals surface area contributed by atoms with Gasteiger partial charge in [0.15, 0.2) is 0 Å². The Hall–Kier alpha value is -2.87. The molecule has 4 rings (SSSR count). The van der Waals surface area contributed by atoms with Crippen LogP contribution in [-0.4, -0.2) is 4.98 Å². The van der Waals surface area contributed by atoms with E-state index in [-0.39, 0.29) is 5.56 Å². The van der Waals surface area contributed by atoms with Crippen LogP contribution in [0.2, 0.25) is 0 Å². The van der Waals surface area contributed by atoms with Crippen LogP contribution in [0.3, 0.4) is 0 Å². The summed E-state index contributed by atoms with van der Waals surface area (Å²) in [7, 11) is 0. The third-order valence-electron chi connectivity index (χ3n) is 3.82. The number of hydrogen-bond acceptors (Lipinski definition) is 1. The molecular weight excluding hydrogens is 258 g/mol. The Balaban J connectivity index is 2.24. The van der Waals surface area contributed by atoms with Crippen LogP contribution in [0.1, 0.15) is 0 Å². The second kappa shape index (κ2) is 4.60. The molecule has 0 aliphatic carbocycles. The van der Waals surface area contributed by atoms with Gasteiger partial charge in [0.1, 0.15) is 0 Å². The van der Waals surface area contributed by atoms with Crippen LogP contribution in [0.4, 0.5) is 0 Å². The Labute approximate surface area is 121 Å². The molecule has 2 heteroatoms. The predicted octanol–water partition coefficient (Wildman–Crippen LogP) is 4.35. The summed E-state index contributed by atoms with van der Waals surface area (Å²) in [6, 6.07) is 24.0. The maximum absolute atomic E-state index is 12.0. The van der Waals surface area contributed by atoms with Crippen molar-refractivity contribution >= 4 is 21.7 Å². The van der Waals surface area contributed by atoms with Crippen molar-refractivity contribution in [1.29, 1.82) is 0 Å². The summed E-state index contributed by atoms with van der Waals surface area (Å²) in [6.07, 6.45) is 0. The molecule has 0 unspecified atom stereocenters. The lowest BCUT2D eigenvalue weighted by atomic mass is 9.96. The van der Waals surface area contributed by atoms with Gasteiger partial charge in [0, 0.05) is 17.0 Å². The highest BCUT2D eigenvalue weighted by atomic mass is 16.1. The number of fused-ring (bicyclic) bond motifs is 3. The summed E-state index contributed by atoms with van der Waals surface area (Å²) < 4.78 is 0. The zero-order valence-corrected chi connectivity index (χ0v) is 11.3. The van der Waals surface area contributed by atoms with E-state index in [1.807, 2.05) is 54.6 Å². The normalized spacial score (nSPS) is 11.0. The Morgan fingerprint density at radius 1 is 0.762 bits per heavy atom. The van der Waals surface area contributed by atoms with Crippen LogP contribution < -0.4 is 5.56 Å². The first-order valence-corrected chi connectivity index (χ1v) is 6.93. The van der Waals surface area contributed by atoms with E-state index in [0.717, 1.165) is 27.4 Å². The van der Waals surface area contributed by atoms with Crippen molar-refractivity contribution in [2.45, 2.75) is 0 Å². The predicted molar refractivity (Wildman–Crippen MR) is 87.5 cm³/mol. The molecule has 2 nitrogen and oxygen atoms in total. The summed E-state index contributed by atoms with van der Waals surface area (Å²) in [4.78, 5) is 14.9. The van der Waals surface area contributed by atoms with Gasteiger partial charge in [-0.3, -0.25) is 4.79 Å². The molecule has 1 aromatic heterocycles. The van der Waals surface area contributed by atoms with Crippen LogP contribution in [0.5, 0.6) is 0 Å². The third-order valence-corrected chi connectivity index (χ3v) is 3.82. The molecule has 0 aliphatic heterocycles. The number of aromatic amines is 1. The first kappa shape index (κ1) is 11.9. The van der Waals surface area contributed by atoms with E-state index in [1.165, 1.54) is 5.39 Å². The number of rotatable bonds is 1. The lowest BCUT2D eigenvalue weighted by Gasteiger charge is -2.09. The highest BCUT2D eigenvalue weighted by Crippen LogP contribution is 2.32. The van der Waals surface area contributed by atoms with Crippen LogP contribution >= 0.6 is 0 Å². The van der Waals surface area contributed by atoms with E-state index in [2.05, 4.69) is 17.1 Å². The summed E-state index contributed by atoms with van der Waals surface area (Å²) in [5.74, 6) is 0. The minimum absolute atomic E-state index is 0.0726. The smallest absolute Gasteiger partial charge is 0.249 e. The standard InChI is InChI=1S/C19H13NO/c21-18-12-16(13-6-2-1-3-7-13)19-15-9-5-4-8-14(15)10-11-17(19)20-18/h1-12H,(H,20,21). The molecule has 0 atom stereocenters. The van der Waals surface area contributed by atoms with Crippen molar-refractivity contribution in [3.63, 3.8) is 0 Å². The molecule has 1 N–H and O–H groups in total. The van der Waals surface area contributed by atoms with E-state index >= 15 is 0 Å². The van der Waals surface area contributed by atoms with Gasteiger partial charge in [-0.05, 0) is 28.0 Å². The Bertz CT molecular complexity index is 1000. The lowest BCUT2D eigenvalue weighted by molar-refractivity contribution is 1.31. The van der Waals surface area contributed by atoms with Gasteiger partial charge in [-0.15, -0.1) is 0 Å². The van der Waals surface area contributed by atoms with Crippen molar-refractivity contribution < 1.29 is 0 Å². The van der Waals surface area contributed by atoms with E-state index in [0.29, 0.717) is 0 Å². The van der Waals surface area contributed by atoms with Crippen LogP contribution in [0.15, 0.2) is 77.6 Å². The zero-order chi connectivity index (χ0) is 14.2. The minimum Gasteiger partial charge on any atom is -0.322 e. The Morgan fingerprint density at radius 2 is 1.52 bits per heavy atom. The molecule has 0 spiro atoms. The van der Waals surface area contributed by atoms with Gasteiger partial charge in [-0.25, -0.2) is 0 Å². The fraction of sp³-hybridized carbons (Fsp3) is 0. The quantitative estimate of drug-likeness (QED) is 0.513. The number of nitrogens with one attached hydrogen (secondary N) is 1. The average Bonchev–Trinajstić information content (AvgIpc) is 2.54. The maximum Gasteiger partial charge on any atom is 0.249 e. The second-order valence-electron chi connectivity index (χ2n) is 5.12. The highest BCUT2D eigenvalue weighted by molar-refractivity contribution is 6.12. The molecular formula is C19H13NO. The van der Waals surface area contributed by atoms with Crippen molar-refractivity contribution in [3.8, 4) is 11.1 Å². The van der Waals surface area contributed by atoms with Crippen molar-refractivity contribution in [2.75, 3.05) is 0 Å². The lowest BCUT2D eigenvalue weighted by Crippen LogP contribution is -2.05. The van der Waals surface area contributed by atoms with E-state index in [9.17, 15) is 4.79 Å². The average molecular weight is 271 g/mol. The fourth-order valence-electron chi connectivity index (χ4n) is 2.88. The van der Waals surface area contributed by atoms with Gasteiger partial charge < -0.3 is 4.98 Å². The van der Waals surface area contributed by atoms with Crippen molar-refractivity contribution in [3.05, 3.63) is 83.2 Å². The molecule has 100 valence electrons.